The second-order valence-electron chi connectivity index (χ2n) is 6.48. The summed E-state index contributed by atoms with van der Waals surface area (Å²) in [6.07, 6.45) is 0. The van der Waals surface area contributed by atoms with Gasteiger partial charge in [-0.25, -0.2) is 13.2 Å². The Morgan fingerprint density at radius 2 is 1.54 bits per heavy atom. The van der Waals surface area contributed by atoms with E-state index in [9.17, 15) is 18.0 Å². The quantitative estimate of drug-likeness (QED) is 0.905. The first-order valence-electron chi connectivity index (χ1n) is 7.72. The van der Waals surface area contributed by atoms with E-state index in [0.29, 0.717) is 11.0 Å². The number of fused-ring (bicyclic) bond motifs is 1. The monoisotopic (exact) mass is 353 g/mol. The van der Waals surface area contributed by atoms with Crippen molar-refractivity contribution in [2.75, 3.05) is 5.32 Å². The number of anilines is 1. The molecule has 1 aromatic carbocycles. The highest BCUT2D eigenvalue weighted by atomic mass is 32.2. The van der Waals surface area contributed by atoms with Gasteiger partial charge in [0.15, 0.2) is 9.84 Å². The number of aryl methyl sites for hydroxylation is 2. The van der Waals surface area contributed by atoms with E-state index in [0.717, 1.165) is 0 Å². The summed E-state index contributed by atoms with van der Waals surface area (Å²) >= 11 is 0. The van der Waals surface area contributed by atoms with Gasteiger partial charge in [-0.1, -0.05) is 13.8 Å². The highest BCUT2D eigenvalue weighted by Crippen LogP contribution is 2.30. The van der Waals surface area contributed by atoms with E-state index in [1.807, 2.05) is 0 Å². The molecule has 0 atom stereocenters. The summed E-state index contributed by atoms with van der Waals surface area (Å²) in [4.78, 5) is 24.2. The van der Waals surface area contributed by atoms with Crippen LogP contribution in [0.1, 0.15) is 27.7 Å². The number of rotatable bonds is 4. The Hall–Kier alpha value is -2.09. The van der Waals surface area contributed by atoms with Crippen molar-refractivity contribution in [3.63, 3.8) is 0 Å². The molecule has 1 N–H and O–H groups in total. The van der Waals surface area contributed by atoms with Gasteiger partial charge >= 0.3 is 5.69 Å². The van der Waals surface area contributed by atoms with Crippen LogP contribution in [0.15, 0.2) is 21.8 Å². The smallest absolute Gasteiger partial charge is 0.325 e. The Balaban J connectivity index is 2.84. The normalized spacial score (nSPS) is 12.3. The molecule has 0 unspecified atom stereocenters. The molecule has 0 spiro atoms. The third kappa shape index (κ3) is 2.86. The molecular weight excluding hydrogens is 330 g/mol. The van der Waals surface area contributed by atoms with Gasteiger partial charge < -0.3 is 5.32 Å². The maximum atomic E-state index is 12.7. The first-order chi connectivity index (χ1) is 11.0. The van der Waals surface area contributed by atoms with Crippen LogP contribution in [0.5, 0.6) is 0 Å². The lowest BCUT2D eigenvalue weighted by atomic mass is 10.2. The fourth-order valence-electron chi connectivity index (χ4n) is 2.39. The highest BCUT2D eigenvalue weighted by molar-refractivity contribution is 7.92. The summed E-state index contributed by atoms with van der Waals surface area (Å²) in [7, 11) is -0.437. The van der Waals surface area contributed by atoms with Gasteiger partial charge in [-0.3, -0.25) is 13.9 Å². The molecule has 1 amide bonds. The van der Waals surface area contributed by atoms with E-state index in [1.165, 1.54) is 15.2 Å². The standard InChI is InChI=1S/C16H23N3O4S/c1-9(2)15(20)17-11-7-12-13(19(6)16(21)18(12)5)8-14(11)24(22,23)10(3)4/h7-10H,1-6H3,(H,17,20). The SMILES string of the molecule is CC(C)C(=O)Nc1cc2c(cc1S(=O)(=O)C(C)C)n(C)c(=O)n2C. The third-order valence-electron chi connectivity index (χ3n) is 4.08. The molecule has 132 valence electrons. The predicted octanol–water partition coefficient (Wildman–Crippen LogP) is 1.65. The number of nitrogens with one attached hydrogen (secondary N) is 1. The zero-order valence-electron chi connectivity index (χ0n) is 14.7. The number of carbonyl (C=O) groups is 1. The summed E-state index contributed by atoms with van der Waals surface area (Å²) in [5.41, 5.74) is 1.01. The lowest BCUT2D eigenvalue weighted by Crippen LogP contribution is -2.22. The van der Waals surface area contributed by atoms with E-state index < -0.39 is 15.1 Å². The Bertz CT molecular complexity index is 965. The Morgan fingerprint density at radius 1 is 1.04 bits per heavy atom. The summed E-state index contributed by atoms with van der Waals surface area (Å²) < 4.78 is 28.2. The molecule has 0 saturated heterocycles. The van der Waals surface area contributed by atoms with E-state index in [4.69, 9.17) is 0 Å². The number of imidazole rings is 1. The van der Waals surface area contributed by atoms with Gasteiger partial charge in [0.1, 0.15) is 0 Å². The molecular formula is C16H23N3O4S. The summed E-state index contributed by atoms with van der Waals surface area (Å²) in [5, 5.41) is 2.03. The lowest BCUT2D eigenvalue weighted by molar-refractivity contribution is -0.118. The van der Waals surface area contributed by atoms with Crippen molar-refractivity contribution in [2.24, 2.45) is 20.0 Å². The number of carbonyl (C=O) groups excluding carboxylic acids is 1. The summed E-state index contributed by atoms with van der Waals surface area (Å²) in [6, 6.07) is 3.01. The number of aromatic nitrogens is 2. The van der Waals surface area contributed by atoms with Gasteiger partial charge in [0, 0.05) is 20.0 Å². The van der Waals surface area contributed by atoms with Crippen LogP contribution in [0.3, 0.4) is 0 Å². The van der Waals surface area contributed by atoms with Gasteiger partial charge in [0.05, 0.1) is 26.9 Å². The second kappa shape index (κ2) is 6.08. The Labute approximate surface area is 141 Å². The van der Waals surface area contributed by atoms with Crippen LogP contribution in [0.4, 0.5) is 5.69 Å². The fourth-order valence-corrected chi connectivity index (χ4v) is 3.59. The molecule has 0 radical (unpaired) electrons. The van der Waals surface area contributed by atoms with E-state index in [-0.39, 0.29) is 28.1 Å². The fraction of sp³-hybridized carbons (Fsp3) is 0.500. The maximum Gasteiger partial charge on any atom is 0.328 e. The first-order valence-corrected chi connectivity index (χ1v) is 9.27. The maximum absolute atomic E-state index is 12.7. The predicted molar refractivity (Wildman–Crippen MR) is 93.9 cm³/mol. The Kier molecular flexibility index (Phi) is 4.63. The van der Waals surface area contributed by atoms with E-state index in [2.05, 4.69) is 5.32 Å². The molecule has 1 aromatic heterocycles. The molecule has 24 heavy (non-hydrogen) atoms. The van der Waals surface area contributed by atoms with Crippen LogP contribution in [-0.2, 0) is 28.7 Å². The summed E-state index contributed by atoms with van der Waals surface area (Å²) in [5.74, 6) is -0.578. The van der Waals surface area contributed by atoms with Crippen molar-refractivity contribution < 1.29 is 13.2 Å². The van der Waals surface area contributed by atoms with Crippen molar-refractivity contribution in [2.45, 2.75) is 37.8 Å². The van der Waals surface area contributed by atoms with Gasteiger partial charge in [-0.2, -0.15) is 0 Å². The van der Waals surface area contributed by atoms with Crippen molar-refractivity contribution in [1.82, 2.24) is 9.13 Å². The number of hydrogen-bond acceptors (Lipinski definition) is 4. The number of amides is 1. The topological polar surface area (TPSA) is 90.2 Å². The van der Waals surface area contributed by atoms with Crippen molar-refractivity contribution >= 4 is 32.5 Å². The zero-order chi connectivity index (χ0) is 18.4. The molecule has 0 saturated carbocycles. The van der Waals surface area contributed by atoms with Crippen LogP contribution >= 0.6 is 0 Å². The van der Waals surface area contributed by atoms with Crippen LogP contribution in [-0.4, -0.2) is 28.7 Å². The molecule has 0 fully saturated rings. The van der Waals surface area contributed by atoms with Crippen LogP contribution in [0.2, 0.25) is 0 Å². The average molecular weight is 353 g/mol. The molecule has 7 nitrogen and oxygen atoms in total. The van der Waals surface area contributed by atoms with Gasteiger partial charge in [0.25, 0.3) is 0 Å². The zero-order valence-corrected chi connectivity index (χ0v) is 15.6. The number of nitrogens with zero attached hydrogens (tertiary/aromatic N) is 2. The minimum absolute atomic E-state index is 0.0280. The van der Waals surface area contributed by atoms with E-state index >= 15 is 0 Å². The van der Waals surface area contributed by atoms with Crippen LogP contribution < -0.4 is 11.0 Å². The highest BCUT2D eigenvalue weighted by Gasteiger charge is 2.26. The lowest BCUT2D eigenvalue weighted by Gasteiger charge is -2.16. The molecule has 2 aromatic rings. The van der Waals surface area contributed by atoms with Crippen molar-refractivity contribution in [3.8, 4) is 0 Å². The minimum Gasteiger partial charge on any atom is -0.325 e. The average Bonchev–Trinajstić information content (AvgIpc) is 2.70. The van der Waals surface area contributed by atoms with Gasteiger partial charge in [0.2, 0.25) is 5.91 Å². The van der Waals surface area contributed by atoms with Crippen molar-refractivity contribution in [3.05, 3.63) is 22.6 Å². The molecule has 1 heterocycles. The molecule has 2 rings (SSSR count). The molecule has 8 heteroatoms. The number of benzene rings is 1. The third-order valence-corrected chi connectivity index (χ3v) is 6.27. The van der Waals surface area contributed by atoms with Gasteiger partial charge in [-0.15, -0.1) is 0 Å². The minimum atomic E-state index is -3.63. The summed E-state index contributed by atoms with van der Waals surface area (Å²) in [6.45, 7) is 6.61. The van der Waals surface area contributed by atoms with Crippen LogP contribution in [0, 0.1) is 5.92 Å². The first kappa shape index (κ1) is 18.3. The number of hydrogen-bond donors (Lipinski definition) is 1. The van der Waals surface area contributed by atoms with Crippen molar-refractivity contribution in [1.29, 1.82) is 0 Å². The second-order valence-corrected chi connectivity index (χ2v) is 8.95. The van der Waals surface area contributed by atoms with Gasteiger partial charge in [-0.05, 0) is 26.0 Å². The molecule has 0 aliphatic heterocycles. The number of sulfone groups is 1. The molecule has 0 aliphatic carbocycles. The van der Waals surface area contributed by atoms with Crippen LogP contribution in [0.25, 0.3) is 11.0 Å². The van der Waals surface area contributed by atoms with E-state index in [1.54, 1.807) is 47.9 Å². The Morgan fingerprint density at radius 3 is 2.00 bits per heavy atom. The largest absolute Gasteiger partial charge is 0.328 e. The molecule has 0 bridgehead atoms. The molecule has 0 aliphatic rings.